The molecule has 0 spiro atoms. The molecule has 16 heavy (non-hydrogen) atoms. The lowest BCUT2D eigenvalue weighted by Crippen LogP contribution is -2.56. The second-order valence-corrected chi connectivity index (χ2v) is 6.46. The Labute approximate surface area is 103 Å². The summed E-state index contributed by atoms with van der Waals surface area (Å²) < 4.78 is 0. The lowest BCUT2D eigenvalue weighted by Gasteiger charge is -2.47. The summed E-state index contributed by atoms with van der Waals surface area (Å²) in [5.41, 5.74) is 0.437. The van der Waals surface area contributed by atoms with Crippen LogP contribution < -0.4 is 5.32 Å². The number of hydrogen-bond acceptors (Lipinski definition) is 3. The quantitative estimate of drug-likeness (QED) is 0.848. The number of rotatable bonds is 5. The predicted molar refractivity (Wildman–Crippen MR) is 71.0 cm³/mol. The van der Waals surface area contributed by atoms with Crippen LogP contribution in [-0.4, -0.2) is 31.1 Å². The lowest BCUT2D eigenvalue weighted by atomic mass is 9.75. The van der Waals surface area contributed by atoms with Crippen molar-refractivity contribution in [2.45, 2.75) is 38.3 Å². The zero-order valence-corrected chi connectivity index (χ0v) is 11.4. The van der Waals surface area contributed by atoms with E-state index in [-0.39, 0.29) is 0 Å². The zero-order chi connectivity index (χ0) is 11.6. The van der Waals surface area contributed by atoms with Crippen molar-refractivity contribution in [2.75, 3.05) is 20.6 Å². The van der Waals surface area contributed by atoms with Gasteiger partial charge in [0.1, 0.15) is 0 Å². The van der Waals surface area contributed by atoms with Crippen molar-refractivity contribution in [1.29, 1.82) is 0 Å². The average Bonchev–Trinajstić information content (AvgIpc) is 2.55. The van der Waals surface area contributed by atoms with Gasteiger partial charge in [0.15, 0.2) is 0 Å². The van der Waals surface area contributed by atoms with E-state index in [1.54, 1.807) is 0 Å². The summed E-state index contributed by atoms with van der Waals surface area (Å²) in [7, 11) is 4.41. The molecule has 1 aliphatic rings. The van der Waals surface area contributed by atoms with Crippen LogP contribution in [0.5, 0.6) is 0 Å². The van der Waals surface area contributed by atoms with Crippen molar-refractivity contribution in [3.05, 3.63) is 21.9 Å². The third-order valence-electron chi connectivity index (χ3n) is 3.78. The van der Waals surface area contributed by atoms with Gasteiger partial charge in [0.05, 0.1) is 0 Å². The first-order valence-corrected chi connectivity index (χ1v) is 6.87. The van der Waals surface area contributed by atoms with Crippen LogP contribution in [0.2, 0.25) is 0 Å². The summed E-state index contributed by atoms with van der Waals surface area (Å²) >= 11 is 1.90. The number of nitrogens with one attached hydrogen (secondary N) is 1. The third kappa shape index (κ3) is 2.47. The lowest BCUT2D eigenvalue weighted by molar-refractivity contribution is 0.0599. The molecule has 0 aliphatic heterocycles. The molecule has 0 amide bonds. The normalized spacial score (nSPS) is 18.8. The van der Waals surface area contributed by atoms with Gasteiger partial charge >= 0.3 is 0 Å². The molecule has 1 N–H and O–H groups in total. The van der Waals surface area contributed by atoms with Gasteiger partial charge in [-0.3, -0.25) is 0 Å². The Balaban J connectivity index is 1.79. The SMILES string of the molecule is Cc1ccc(CNCC2(N(C)C)CCC2)s1. The van der Waals surface area contributed by atoms with Crippen LogP contribution >= 0.6 is 11.3 Å². The fourth-order valence-electron chi connectivity index (χ4n) is 2.37. The number of aryl methyl sites for hydroxylation is 1. The summed E-state index contributed by atoms with van der Waals surface area (Å²) in [4.78, 5) is 5.25. The Bertz CT molecular complexity index is 339. The standard InChI is InChI=1S/C13H22N2S/c1-11-5-6-12(16-11)9-14-10-13(15(2)3)7-4-8-13/h5-6,14H,4,7-10H2,1-3H3. The van der Waals surface area contributed by atoms with E-state index in [1.165, 1.54) is 29.0 Å². The van der Waals surface area contributed by atoms with Crippen LogP contribution in [0.4, 0.5) is 0 Å². The Hall–Kier alpha value is -0.380. The Morgan fingerprint density at radius 3 is 2.56 bits per heavy atom. The maximum Gasteiger partial charge on any atom is 0.0328 e. The molecule has 2 nitrogen and oxygen atoms in total. The highest BCUT2D eigenvalue weighted by molar-refractivity contribution is 7.11. The maximum atomic E-state index is 3.61. The molecule has 1 fully saturated rings. The van der Waals surface area contributed by atoms with Crippen LogP contribution in [0.3, 0.4) is 0 Å². The minimum Gasteiger partial charge on any atom is -0.310 e. The minimum absolute atomic E-state index is 0.437. The largest absolute Gasteiger partial charge is 0.310 e. The van der Waals surface area contributed by atoms with Crippen LogP contribution in [0.1, 0.15) is 29.0 Å². The smallest absolute Gasteiger partial charge is 0.0328 e. The fraction of sp³-hybridized carbons (Fsp3) is 0.692. The Morgan fingerprint density at radius 1 is 1.38 bits per heavy atom. The van der Waals surface area contributed by atoms with Gasteiger partial charge in [0.2, 0.25) is 0 Å². The fourth-order valence-corrected chi connectivity index (χ4v) is 3.23. The number of thiophene rings is 1. The number of nitrogens with zero attached hydrogens (tertiary/aromatic N) is 1. The third-order valence-corrected chi connectivity index (χ3v) is 4.78. The molecule has 0 saturated heterocycles. The molecule has 2 rings (SSSR count). The van der Waals surface area contributed by atoms with Crippen molar-refractivity contribution < 1.29 is 0 Å². The first kappa shape index (κ1) is 12.1. The molecule has 1 aliphatic carbocycles. The topological polar surface area (TPSA) is 15.3 Å². The zero-order valence-electron chi connectivity index (χ0n) is 10.5. The van der Waals surface area contributed by atoms with Crippen LogP contribution in [0, 0.1) is 6.92 Å². The van der Waals surface area contributed by atoms with Gasteiger partial charge in [0, 0.05) is 28.4 Å². The van der Waals surface area contributed by atoms with Crippen molar-refractivity contribution in [3.8, 4) is 0 Å². The van der Waals surface area contributed by atoms with Gasteiger partial charge in [-0.1, -0.05) is 0 Å². The summed E-state index contributed by atoms with van der Waals surface area (Å²) in [5, 5.41) is 3.61. The second-order valence-electron chi connectivity index (χ2n) is 5.09. The molecule has 1 aromatic rings. The summed E-state index contributed by atoms with van der Waals surface area (Å²) in [5.74, 6) is 0. The van der Waals surface area contributed by atoms with Crippen molar-refractivity contribution in [2.24, 2.45) is 0 Å². The predicted octanol–water partition coefficient (Wildman–Crippen LogP) is 2.63. The van der Waals surface area contributed by atoms with E-state index in [2.05, 4.69) is 43.4 Å². The van der Waals surface area contributed by atoms with Gasteiger partial charge in [-0.05, 0) is 52.4 Å². The molecule has 1 saturated carbocycles. The van der Waals surface area contributed by atoms with Gasteiger partial charge in [0.25, 0.3) is 0 Å². The molecule has 1 heterocycles. The summed E-state index contributed by atoms with van der Waals surface area (Å²) in [6, 6.07) is 4.43. The van der Waals surface area contributed by atoms with Gasteiger partial charge < -0.3 is 10.2 Å². The van der Waals surface area contributed by atoms with E-state index in [0.29, 0.717) is 5.54 Å². The number of hydrogen-bond donors (Lipinski definition) is 1. The molecular weight excluding hydrogens is 216 g/mol. The van der Waals surface area contributed by atoms with Crippen molar-refractivity contribution >= 4 is 11.3 Å². The van der Waals surface area contributed by atoms with Gasteiger partial charge in [-0.25, -0.2) is 0 Å². The first-order valence-electron chi connectivity index (χ1n) is 6.06. The van der Waals surface area contributed by atoms with Crippen LogP contribution in [0.25, 0.3) is 0 Å². The van der Waals surface area contributed by atoms with Gasteiger partial charge in [-0.15, -0.1) is 11.3 Å². The van der Waals surface area contributed by atoms with E-state index in [4.69, 9.17) is 0 Å². The molecular formula is C13H22N2S. The van der Waals surface area contributed by atoms with Crippen molar-refractivity contribution in [3.63, 3.8) is 0 Å². The molecule has 0 aromatic carbocycles. The second kappa shape index (κ2) is 4.86. The monoisotopic (exact) mass is 238 g/mol. The summed E-state index contributed by atoms with van der Waals surface area (Å²) in [6.07, 6.45) is 4.07. The van der Waals surface area contributed by atoms with E-state index in [0.717, 1.165) is 13.1 Å². The van der Waals surface area contributed by atoms with Crippen LogP contribution in [-0.2, 0) is 6.54 Å². The molecule has 90 valence electrons. The Kier molecular flexibility index (Phi) is 3.67. The first-order chi connectivity index (χ1) is 7.62. The molecule has 0 bridgehead atoms. The van der Waals surface area contributed by atoms with Gasteiger partial charge in [-0.2, -0.15) is 0 Å². The highest BCUT2D eigenvalue weighted by Gasteiger charge is 2.38. The summed E-state index contributed by atoms with van der Waals surface area (Å²) in [6.45, 7) is 4.31. The highest BCUT2D eigenvalue weighted by atomic mass is 32.1. The van der Waals surface area contributed by atoms with E-state index >= 15 is 0 Å². The highest BCUT2D eigenvalue weighted by Crippen LogP contribution is 2.35. The van der Waals surface area contributed by atoms with E-state index in [1.807, 2.05) is 11.3 Å². The number of likely N-dealkylation sites (N-methyl/N-ethyl adjacent to an activating group) is 1. The van der Waals surface area contributed by atoms with E-state index < -0.39 is 0 Å². The average molecular weight is 238 g/mol. The van der Waals surface area contributed by atoms with Crippen LogP contribution in [0.15, 0.2) is 12.1 Å². The Morgan fingerprint density at radius 2 is 2.12 bits per heavy atom. The molecule has 0 atom stereocenters. The minimum atomic E-state index is 0.437. The maximum absolute atomic E-state index is 3.61. The van der Waals surface area contributed by atoms with Crippen molar-refractivity contribution in [1.82, 2.24) is 10.2 Å². The molecule has 1 aromatic heterocycles. The molecule has 0 radical (unpaired) electrons. The molecule has 3 heteroatoms. The van der Waals surface area contributed by atoms with E-state index in [9.17, 15) is 0 Å². The molecule has 0 unspecified atom stereocenters.